The summed E-state index contributed by atoms with van der Waals surface area (Å²) in [7, 11) is 0. The van der Waals surface area contributed by atoms with Gasteiger partial charge in [0.15, 0.2) is 11.5 Å². The van der Waals surface area contributed by atoms with E-state index in [1.54, 1.807) is 0 Å². The highest BCUT2D eigenvalue weighted by molar-refractivity contribution is 5.55. The molecule has 1 atom stereocenters. The third-order valence-corrected chi connectivity index (χ3v) is 6.76. The van der Waals surface area contributed by atoms with Gasteiger partial charge in [0, 0.05) is 18.9 Å². The summed E-state index contributed by atoms with van der Waals surface area (Å²) in [5.41, 5.74) is 3.02. The average Bonchev–Trinajstić information content (AvgIpc) is 3.59. The second-order valence-electron chi connectivity index (χ2n) is 8.70. The second-order valence-corrected chi connectivity index (χ2v) is 8.70. The van der Waals surface area contributed by atoms with Crippen molar-refractivity contribution in [2.45, 2.75) is 38.4 Å². The lowest BCUT2D eigenvalue weighted by Gasteiger charge is -2.48. The van der Waals surface area contributed by atoms with Crippen LogP contribution in [-0.2, 0) is 5.54 Å². The van der Waals surface area contributed by atoms with Crippen molar-refractivity contribution >= 4 is 0 Å². The molecular weight excluding hydrogens is 422 g/mol. The molecule has 5 rings (SSSR count). The van der Waals surface area contributed by atoms with Crippen molar-refractivity contribution in [3.05, 3.63) is 114 Å². The molecule has 1 unspecified atom stereocenters. The maximum atomic E-state index is 5.84. The van der Waals surface area contributed by atoms with Crippen LogP contribution in [0.25, 0.3) is 0 Å². The minimum Gasteiger partial charge on any atom is -0.454 e. The summed E-state index contributed by atoms with van der Waals surface area (Å²) in [5.74, 6) is 1.58. The molecule has 1 aliphatic heterocycles. The Balaban J connectivity index is 1.82. The number of rotatable bonds is 9. The van der Waals surface area contributed by atoms with Gasteiger partial charge in [-0.2, -0.15) is 0 Å². The van der Waals surface area contributed by atoms with Crippen LogP contribution in [0.5, 0.6) is 11.5 Å². The van der Waals surface area contributed by atoms with E-state index >= 15 is 0 Å². The third kappa shape index (κ3) is 3.86. The summed E-state index contributed by atoms with van der Waals surface area (Å²) >= 11 is 0. The van der Waals surface area contributed by atoms with Gasteiger partial charge < -0.3 is 14.0 Å². The molecule has 0 saturated carbocycles. The molecule has 0 aliphatic carbocycles. The first-order valence-corrected chi connectivity index (χ1v) is 12.0. The lowest BCUT2D eigenvalue weighted by Crippen LogP contribution is -2.50. The molecule has 1 aliphatic rings. The van der Waals surface area contributed by atoms with Crippen LogP contribution >= 0.6 is 0 Å². The molecule has 2 heterocycles. The fourth-order valence-corrected chi connectivity index (χ4v) is 5.09. The predicted molar refractivity (Wildman–Crippen MR) is 134 cm³/mol. The van der Waals surface area contributed by atoms with Crippen molar-refractivity contribution in [1.29, 1.82) is 0 Å². The summed E-state index contributed by atoms with van der Waals surface area (Å²) in [4.78, 5) is 6.95. The van der Waals surface area contributed by atoms with Crippen molar-refractivity contribution in [3.8, 4) is 11.5 Å². The molecule has 4 aromatic rings. The predicted octanol–water partition coefficient (Wildman–Crippen LogP) is 6.22. The molecule has 0 fully saturated rings. The molecule has 0 saturated heterocycles. The van der Waals surface area contributed by atoms with Gasteiger partial charge in [-0.05, 0) is 42.2 Å². The van der Waals surface area contributed by atoms with E-state index in [1.165, 1.54) is 11.1 Å². The summed E-state index contributed by atoms with van der Waals surface area (Å²) in [6.45, 7) is 5.67. The van der Waals surface area contributed by atoms with E-state index in [0.717, 1.165) is 36.4 Å². The Bertz CT molecular complexity index is 1150. The molecule has 0 spiro atoms. The van der Waals surface area contributed by atoms with Crippen molar-refractivity contribution < 1.29 is 9.47 Å². The first-order valence-electron chi connectivity index (χ1n) is 12.0. The van der Waals surface area contributed by atoms with Crippen molar-refractivity contribution in [2.75, 3.05) is 13.3 Å². The Labute approximate surface area is 201 Å². The van der Waals surface area contributed by atoms with E-state index in [-0.39, 0.29) is 13.0 Å². The lowest BCUT2D eigenvalue weighted by molar-refractivity contribution is 0.0644. The summed E-state index contributed by atoms with van der Waals surface area (Å²) in [6, 6.07) is 28.0. The molecule has 5 nitrogen and oxygen atoms in total. The maximum Gasteiger partial charge on any atom is 0.231 e. The summed E-state index contributed by atoms with van der Waals surface area (Å²) < 4.78 is 13.7. The Kier molecular flexibility index (Phi) is 6.37. The highest BCUT2D eigenvalue weighted by Gasteiger charge is 2.45. The van der Waals surface area contributed by atoms with Crippen molar-refractivity contribution in [1.82, 2.24) is 14.5 Å². The largest absolute Gasteiger partial charge is 0.454 e. The average molecular weight is 454 g/mol. The van der Waals surface area contributed by atoms with E-state index < -0.39 is 5.54 Å². The minimum atomic E-state index is -0.553. The highest BCUT2D eigenvalue weighted by Crippen LogP contribution is 2.48. The molecule has 5 heteroatoms. The maximum absolute atomic E-state index is 5.84. The minimum absolute atomic E-state index is 0.0554. The molecule has 0 amide bonds. The summed E-state index contributed by atoms with van der Waals surface area (Å²) in [5, 5.41) is 0. The monoisotopic (exact) mass is 453 g/mol. The van der Waals surface area contributed by atoms with Gasteiger partial charge in [0.1, 0.15) is 0 Å². The van der Waals surface area contributed by atoms with Gasteiger partial charge in [-0.15, -0.1) is 0 Å². The van der Waals surface area contributed by atoms with Crippen LogP contribution in [0.3, 0.4) is 0 Å². The Morgan fingerprint density at radius 2 is 1.59 bits per heavy atom. The van der Waals surface area contributed by atoms with Crippen molar-refractivity contribution in [2.24, 2.45) is 0 Å². The van der Waals surface area contributed by atoms with E-state index in [1.807, 2.05) is 24.8 Å². The van der Waals surface area contributed by atoms with E-state index in [4.69, 9.17) is 9.47 Å². The first-order chi connectivity index (χ1) is 16.7. The second kappa shape index (κ2) is 9.74. The number of hydrogen-bond acceptors (Lipinski definition) is 4. The van der Waals surface area contributed by atoms with Crippen LogP contribution in [0.15, 0.2) is 97.6 Å². The van der Waals surface area contributed by atoms with Crippen LogP contribution in [0.1, 0.15) is 49.5 Å². The molecular formula is C29H31N3O2. The summed E-state index contributed by atoms with van der Waals surface area (Å²) in [6.07, 6.45) is 8.04. The van der Waals surface area contributed by atoms with Gasteiger partial charge in [-0.25, -0.2) is 4.98 Å². The van der Waals surface area contributed by atoms with Crippen LogP contribution in [0, 0.1) is 0 Å². The fraction of sp³-hybridized carbons (Fsp3) is 0.276. The highest BCUT2D eigenvalue weighted by atomic mass is 16.7. The Morgan fingerprint density at radius 3 is 2.21 bits per heavy atom. The lowest BCUT2D eigenvalue weighted by atomic mass is 9.75. The zero-order chi connectivity index (χ0) is 23.4. The zero-order valence-electron chi connectivity index (χ0n) is 19.8. The smallest absolute Gasteiger partial charge is 0.231 e. The van der Waals surface area contributed by atoms with Gasteiger partial charge in [-0.1, -0.05) is 80.1 Å². The molecule has 1 aromatic heterocycles. The number of unbranched alkanes of at least 4 members (excludes halogenated alkanes) is 1. The van der Waals surface area contributed by atoms with Crippen LogP contribution < -0.4 is 9.47 Å². The van der Waals surface area contributed by atoms with Gasteiger partial charge in [0.25, 0.3) is 0 Å². The quantitative estimate of drug-likeness (QED) is 0.282. The normalized spacial score (nSPS) is 13.9. The number of hydrogen-bond donors (Lipinski definition) is 0. The number of ether oxygens (including phenoxy) is 2. The molecule has 34 heavy (non-hydrogen) atoms. The molecule has 0 radical (unpaired) electrons. The standard InChI is InChI=1S/C29H31N3O2/c1-3-4-18-32(23(2)31-19-17-30-21-31)29(24-11-7-5-8-12-24,25-13-9-6-10-14-25)26-15-16-27-28(20-26)34-22-33-27/h5-17,19-21,23H,3-4,18,22H2,1-2H3. The van der Waals surface area contributed by atoms with Crippen LogP contribution in [0.4, 0.5) is 0 Å². The van der Waals surface area contributed by atoms with Crippen LogP contribution in [-0.4, -0.2) is 27.8 Å². The molecule has 0 bridgehead atoms. The SMILES string of the molecule is CCCCN(C(C)n1ccnc1)C(c1ccccc1)(c1ccccc1)c1ccc2c(c1)OCO2. The molecule has 0 N–H and O–H groups in total. The first kappa shape index (κ1) is 22.2. The van der Waals surface area contributed by atoms with Gasteiger partial charge in [-0.3, -0.25) is 4.90 Å². The number of benzene rings is 3. The number of nitrogens with zero attached hydrogens (tertiary/aromatic N) is 3. The van der Waals surface area contributed by atoms with E-state index in [2.05, 4.69) is 101 Å². The zero-order valence-corrected chi connectivity index (χ0v) is 19.8. The van der Waals surface area contributed by atoms with Crippen LogP contribution in [0.2, 0.25) is 0 Å². The molecule has 174 valence electrons. The van der Waals surface area contributed by atoms with Crippen molar-refractivity contribution in [3.63, 3.8) is 0 Å². The topological polar surface area (TPSA) is 39.5 Å². The number of fused-ring (bicyclic) bond motifs is 1. The Hall–Kier alpha value is -3.57. The van der Waals surface area contributed by atoms with Gasteiger partial charge >= 0.3 is 0 Å². The number of aromatic nitrogens is 2. The van der Waals surface area contributed by atoms with Gasteiger partial charge in [0.2, 0.25) is 6.79 Å². The van der Waals surface area contributed by atoms with E-state index in [9.17, 15) is 0 Å². The van der Waals surface area contributed by atoms with E-state index in [0.29, 0.717) is 0 Å². The fourth-order valence-electron chi connectivity index (χ4n) is 5.09. The Morgan fingerprint density at radius 1 is 0.912 bits per heavy atom. The van der Waals surface area contributed by atoms with Gasteiger partial charge in [0.05, 0.1) is 18.0 Å². The molecule has 3 aromatic carbocycles. The number of imidazole rings is 1. The third-order valence-electron chi connectivity index (χ3n) is 6.76.